The molecule has 0 aliphatic rings. The minimum Gasteiger partial charge on any atom is -0.373 e. The Kier molecular flexibility index (Phi) is 7.64. The Hall–Kier alpha value is -3.61. The lowest BCUT2D eigenvalue weighted by atomic mass is 10.1. The number of nitrogens with zero attached hydrogens (tertiary/aromatic N) is 5. The Balaban J connectivity index is 1.25. The van der Waals surface area contributed by atoms with E-state index in [0.717, 1.165) is 71.1 Å². The van der Waals surface area contributed by atoms with Gasteiger partial charge in [-0.2, -0.15) is 0 Å². The average molecular weight is 494 g/mol. The fourth-order valence-electron chi connectivity index (χ4n) is 4.47. The Morgan fingerprint density at radius 3 is 2.47 bits per heavy atom. The van der Waals surface area contributed by atoms with Crippen molar-refractivity contribution in [1.82, 2.24) is 19.9 Å². The highest BCUT2D eigenvalue weighted by atomic mass is 32.1. The first-order valence-electron chi connectivity index (χ1n) is 12.4. The zero-order valence-corrected chi connectivity index (χ0v) is 21.7. The first kappa shape index (κ1) is 24.1. The molecule has 0 bridgehead atoms. The van der Waals surface area contributed by atoms with Crippen molar-refractivity contribution in [2.24, 2.45) is 0 Å². The number of pyridine rings is 2. The zero-order chi connectivity index (χ0) is 24.7. The highest BCUT2D eigenvalue weighted by molar-refractivity contribution is 7.13. The van der Waals surface area contributed by atoms with Crippen molar-refractivity contribution in [3.8, 4) is 21.8 Å². The minimum atomic E-state index is 0.878. The molecule has 0 aliphatic carbocycles. The van der Waals surface area contributed by atoms with Crippen LogP contribution in [0.1, 0.15) is 19.0 Å². The molecule has 0 radical (unpaired) electrons. The number of benzene rings is 2. The summed E-state index contributed by atoms with van der Waals surface area (Å²) in [7, 11) is 2.16. The topological polar surface area (TPSA) is 45.2 Å². The summed E-state index contributed by atoms with van der Waals surface area (Å²) in [5, 5.41) is 4.42. The summed E-state index contributed by atoms with van der Waals surface area (Å²) >= 11 is 1.72. The molecule has 3 aromatic heterocycles. The van der Waals surface area contributed by atoms with E-state index in [-0.39, 0.29) is 0 Å². The largest absolute Gasteiger partial charge is 0.373 e. The van der Waals surface area contributed by atoms with Crippen molar-refractivity contribution >= 4 is 27.9 Å². The van der Waals surface area contributed by atoms with Gasteiger partial charge in [0.1, 0.15) is 5.01 Å². The SMILES string of the molecule is CCN(CCCN(C)c1cc(-c2ccccn2)cc2cccnc12)Cc1csc(-c2ccccc2)n1. The molecule has 0 unspecified atom stereocenters. The minimum absolute atomic E-state index is 0.878. The fourth-order valence-corrected chi connectivity index (χ4v) is 5.29. The van der Waals surface area contributed by atoms with E-state index in [0.29, 0.717) is 0 Å². The van der Waals surface area contributed by atoms with E-state index in [1.807, 2.05) is 36.7 Å². The van der Waals surface area contributed by atoms with Crippen LogP contribution in [-0.2, 0) is 6.54 Å². The molecule has 182 valence electrons. The predicted octanol–water partition coefficient (Wildman–Crippen LogP) is 6.77. The maximum atomic E-state index is 4.88. The summed E-state index contributed by atoms with van der Waals surface area (Å²) in [6, 6.07) is 25.0. The number of aromatic nitrogens is 3. The molecule has 5 rings (SSSR count). The predicted molar refractivity (Wildman–Crippen MR) is 151 cm³/mol. The normalized spacial score (nSPS) is 11.3. The average Bonchev–Trinajstić information content (AvgIpc) is 3.41. The summed E-state index contributed by atoms with van der Waals surface area (Å²) < 4.78 is 0. The fraction of sp³-hybridized carbons (Fsp3) is 0.233. The van der Waals surface area contributed by atoms with Crippen molar-refractivity contribution in [2.45, 2.75) is 19.9 Å². The Morgan fingerprint density at radius 2 is 1.67 bits per heavy atom. The van der Waals surface area contributed by atoms with Crippen LogP contribution in [0.25, 0.3) is 32.7 Å². The third-order valence-corrected chi connectivity index (χ3v) is 7.37. The van der Waals surface area contributed by atoms with Crippen LogP contribution < -0.4 is 4.90 Å². The van der Waals surface area contributed by atoms with Crippen LogP contribution in [0.3, 0.4) is 0 Å². The van der Waals surface area contributed by atoms with E-state index in [2.05, 4.69) is 82.7 Å². The molecule has 0 aliphatic heterocycles. The number of rotatable bonds is 10. The van der Waals surface area contributed by atoms with Crippen molar-refractivity contribution < 1.29 is 0 Å². The molecule has 0 fully saturated rings. The molecule has 3 heterocycles. The van der Waals surface area contributed by atoms with Crippen LogP contribution in [0.4, 0.5) is 5.69 Å². The van der Waals surface area contributed by atoms with Crippen LogP contribution >= 0.6 is 11.3 Å². The maximum Gasteiger partial charge on any atom is 0.123 e. The molecule has 0 amide bonds. The van der Waals surface area contributed by atoms with Crippen LogP contribution in [-0.4, -0.2) is 46.5 Å². The smallest absolute Gasteiger partial charge is 0.123 e. The Morgan fingerprint density at radius 1 is 0.833 bits per heavy atom. The highest BCUT2D eigenvalue weighted by Crippen LogP contribution is 2.31. The molecule has 0 saturated carbocycles. The van der Waals surface area contributed by atoms with Crippen molar-refractivity contribution in [3.05, 3.63) is 96.3 Å². The van der Waals surface area contributed by atoms with Gasteiger partial charge in [-0.15, -0.1) is 11.3 Å². The van der Waals surface area contributed by atoms with E-state index < -0.39 is 0 Å². The molecule has 0 atom stereocenters. The Labute approximate surface area is 217 Å². The first-order valence-corrected chi connectivity index (χ1v) is 13.3. The van der Waals surface area contributed by atoms with E-state index >= 15 is 0 Å². The first-order chi connectivity index (χ1) is 17.7. The van der Waals surface area contributed by atoms with Crippen LogP contribution in [0.5, 0.6) is 0 Å². The number of fused-ring (bicyclic) bond motifs is 1. The van der Waals surface area contributed by atoms with Gasteiger partial charge < -0.3 is 4.90 Å². The van der Waals surface area contributed by atoms with E-state index in [1.165, 1.54) is 5.56 Å². The van der Waals surface area contributed by atoms with E-state index in [4.69, 9.17) is 9.97 Å². The molecule has 0 saturated heterocycles. The standard InChI is InChI=1S/C30H31N5S/c1-3-35(21-26-22-36-30(33-26)23-11-5-4-6-12-23)18-10-17-34(2)28-20-25(27-14-7-8-15-31-27)19-24-13-9-16-32-29(24)28/h4-9,11-16,19-20,22H,3,10,17-18,21H2,1-2H3. The second-order valence-electron chi connectivity index (χ2n) is 8.94. The van der Waals surface area contributed by atoms with E-state index in [9.17, 15) is 0 Å². The Bertz CT molecular complexity index is 1400. The maximum absolute atomic E-state index is 4.88. The van der Waals surface area contributed by atoms with Gasteiger partial charge >= 0.3 is 0 Å². The van der Waals surface area contributed by atoms with Gasteiger partial charge in [-0.1, -0.05) is 49.4 Å². The third kappa shape index (κ3) is 5.61. The molecule has 2 aromatic carbocycles. The van der Waals surface area contributed by atoms with Crippen molar-refractivity contribution in [3.63, 3.8) is 0 Å². The number of anilines is 1. The lowest BCUT2D eigenvalue weighted by Crippen LogP contribution is -2.28. The second kappa shape index (κ2) is 11.4. The van der Waals surface area contributed by atoms with Gasteiger partial charge in [-0.25, -0.2) is 4.98 Å². The van der Waals surface area contributed by atoms with E-state index in [1.54, 1.807) is 11.3 Å². The molecular weight excluding hydrogens is 462 g/mol. The summed E-state index contributed by atoms with van der Waals surface area (Å²) in [5.74, 6) is 0. The quantitative estimate of drug-likeness (QED) is 0.215. The summed E-state index contributed by atoms with van der Waals surface area (Å²) in [5.41, 5.74) is 6.60. The monoisotopic (exact) mass is 493 g/mol. The van der Waals surface area contributed by atoms with Crippen LogP contribution in [0.15, 0.2) is 90.6 Å². The number of hydrogen-bond acceptors (Lipinski definition) is 6. The van der Waals surface area contributed by atoms with Crippen molar-refractivity contribution in [2.75, 3.05) is 31.6 Å². The molecule has 36 heavy (non-hydrogen) atoms. The molecule has 0 spiro atoms. The van der Waals surface area contributed by atoms with Crippen LogP contribution in [0, 0.1) is 0 Å². The second-order valence-corrected chi connectivity index (χ2v) is 9.80. The van der Waals surface area contributed by atoms with Gasteiger partial charge in [0, 0.05) is 61.0 Å². The summed E-state index contributed by atoms with van der Waals surface area (Å²) in [6.07, 6.45) is 4.77. The van der Waals surface area contributed by atoms with Gasteiger partial charge in [0.25, 0.3) is 0 Å². The molecule has 6 heteroatoms. The number of thiazole rings is 1. The third-order valence-electron chi connectivity index (χ3n) is 6.43. The summed E-state index contributed by atoms with van der Waals surface area (Å²) in [4.78, 5) is 18.9. The van der Waals surface area contributed by atoms with Crippen LogP contribution in [0.2, 0.25) is 0 Å². The van der Waals surface area contributed by atoms with Gasteiger partial charge in [0.15, 0.2) is 0 Å². The van der Waals surface area contributed by atoms with Gasteiger partial charge in [0.05, 0.1) is 22.6 Å². The summed E-state index contributed by atoms with van der Waals surface area (Å²) in [6.45, 7) is 6.07. The lowest BCUT2D eigenvalue weighted by Gasteiger charge is -2.24. The zero-order valence-electron chi connectivity index (χ0n) is 20.8. The molecular formula is C30H31N5S. The molecule has 5 nitrogen and oxygen atoms in total. The highest BCUT2D eigenvalue weighted by Gasteiger charge is 2.13. The van der Waals surface area contributed by atoms with Gasteiger partial charge in [-0.3, -0.25) is 14.9 Å². The van der Waals surface area contributed by atoms with Gasteiger partial charge in [-0.05, 0) is 43.3 Å². The van der Waals surface area contributed by atoms with Gasteiger partial charge in [0.2, 0.25) is 0 Å². The molecule has 0 N–H and O–H groups in total. The van der Waals surface area contributed by atoms with Crippen molar-refractivity contribution in [1.29, 1.82) is 0 Å². The molecule has 5 aromatic rings. The number of hydrogen-bond donors (Lipinski definition) is 0. The lowest BCUT2D eigenvalue weighted by molar-refractivity contribution is 0.275.